The van der Waals surface area contributed by atoms with E-state index in [1.54, 1.807) is 0 Å². The molecule has 4 heteroatoms. The van der Waals surface area contributed by atoms with Gasteiger partial charge in [0, 0.05) is 32.3 Å². The summed E-state index contributed by atoms with van der Waals surface area (Å²) in [5.74, 6) is 0. The third-order valence-electron chi connectivity index (χ3n) is 4.17. The monoisotopic (exact) mass is 248 g/mol. The molecule has 0 aliphatic carbocycles. The highest BCUT2D eigenvalue weighted by Crippen LogP contribution is 2.35. The first kappa shape index (κ1) is 14.2. The minimum absolute atomic E-state index is 0. The predicted molar refractivity (Wildman–Crippen MR) is 69.1 cm³/mol. The van der Waals surface area contributed by atoms with Gasteiger partial charge in [-0.1, -0.05) is 6.92 Å². The minimum Gasteiger partial charge on any atom is -0.381 e. The smallest absolute Gasteiger partial charge is 0.0471 e. The molecule has 16 heavy (non-hydrogen) atoms. The molecule has 2 aliphatic rings. The van der Waals surface area contributed by atoms with Gasteiger partial charge >= 0.3 is 0 Å². The second-order valence-electron chi connectivity index (χ2n) is 5.25. The number of ether oxygens (including phenoxy) is 1. The predicted octanol–water partition coefficient (Wildman–Crippen LogP) is 1.65. The zero-order valence-corrected chi connectivity index (χ0v) is 11.1. The molecule has 0 unspecified atom stereocenters. The van der Waals surface area contributed by atoms with Gasteiger partial charge in [0.05, 0.1) is 0 Å². The van der Waals surface area contributed by atoms with Crippen molar-refractivity contribution in [3.63, 3.8) is 0 Å². The van der Waals surface area contributed by atoms with Crippen LogP contribution in [0.5, 0.6) is 0 Å². The van der Waals surface area contributed by atoms with Crippen LogP contribution in [-0.2, 0) is 4.74 Å². The zero-order chi connectivity index (χ0) is 10.7. The fraction of sp³-hybridized carbons (Fsp3) is 1.00. The second kappa shape index (κ2) is 6.20. The maximum atomic E-state index is 5.95. The first-order valence-corrected chi connectivity index (χ1v) is 6.30. The van der Waals surface area contributed by atoms with Crippen LogP contribution in [0.15, 0.2) is 0 Å². The second-order valence-corrected chi connectivity index (χ2v) is 5.25. The maximum Gasteiger partial charge on any atom is 0.0471 e. The molecule has 0 aromatic rings. The summed E-state index contributed by atoms with van der Waals surface area (Å²) in [6, 6.07) is 0.416. The zero-order valence-electron chi connectivity index (χ0n) is 10.3. The van der Waals surface area contributed by atoms with Crippen LogP contribution < -0.4 is 5.73 Å². The molecule has 2 heterocycles. The van der Waals surface area contributed by atoms with Gasteiger partial charge in [0.25, 0.3) is 0 Å². The van der Waals surface area contributed by atoms with Crippen molar-refractivity contribution in [2.75, 3.05) is 32.8 Å². The number of nitrogens with two attached hydrogens (primary N) is 1. The number of hydrogen-bond acceptors (Lipinski definition) is 3. The molecule has 2 N–H and O–H groups in total. The van der Waals surface area contributed by atoms with Crippen LogP contribution in [0.3, 0.4) is 0 Å². The molecule has 2 fully saturated rings. The normalized spacial score (nSPS) is 30.0. The highest BCUT2D eigenvalue weighted by Gasteiger charge is 2.34. The lowest BCUT2D eigenvalue weighted by Crippen LogP contribution is -2.41. The van der Waals surface area contributed by atoms with E-state index in [1.807, 2.05) is 0 Å². The van der Waals surface area contributed by atoms with E-state index in [2.05, 4.69) is 11.8 Å². The highest BCUT2D eigenvalue weighted by molar-refractivity contribution is 5.85. The standard InChI is InChI=1S/C12H24N2O.ClH/c1-2-12(4-7-15-8-5-12)10-14-6-3-11(13)9-14;/h11H,2-10,13H2,1H3;1H/t11-;/m1./s1. The van der Waals surface area contributed by atoms with Gasteiger partial charge in [-0.2, -0.15) is 0 Å². The van der Waals surface area contributed by atoms with E-state index in [4.69, 9.17) is 10.5 Å². The molecule has 2 saturated heterocycles. The average Bonchev–Trinajstić information content (AvgIpc) is 2.65. The number of rotatable bonds is 3. The summed E-state index contributed by atoms with van der Waals surface area (Å²) < 4.78 is 5.47. The summed E-state index contributed by atoms with van der Waals surface area (Å²) in [6.07, 6.45) is 4.92. The molecule has 0 radical (unpaired) electrons. The van der Waals surface area contributed by atoms with E-state index in [1.165, 1.54) is 38.8 Å². The summed E-state index contributed by atoms with van der Waals surface area (Å²) in [6.45, 7) is 7.76. The molecule has 0 spiro atoms. The lowest BCUT2D eigenvalue weighted by Gasteiger charge is -2.39. The third-order valence-corrected chi connectivity index (χ3v) is 4.17. The molecule has 0 bridgehead atoms. The van der Waals surface area contributed by atoms with Crippen molar-refractivity contribution >= 4 is 12.4 Å². The highest BCUT2D eigenvalue weighted by atomic mass is 35.5. The van der Waals surface area contributed by atoms with Crippen LogP contribution in [0.25, 0.3) is 0 Å². The summed E-state index contributed by atoms with van der Waals surface area (Å²) in [5, 5.41) is 0. The lowest BCUT2D eigenvalue weighted by atomic mass is 9.77. The largest absolute Gasteiger partial charge is 0.381 e. The molecule has 1 atom stereocenters. The van der Waals surface area contributed by atoms with Crippen molar-refractivity contribution in [3.05, 3.63) is 0 Å². The Morgan fingerprint density at radius 2 is 2.06 bits per heavy atom. The van der Waals surface area contributed by atoms with Gasteiger partial charge < -0.3 is 15.4 Å². The number of halogens is 1. The van der Waals surface area contributed by atoms with E-state index in [0.29, 0.717) is 11.5 Å². The van der Waals surface area contributed by atoms with Crippen LogP contribution in [0.4, 0.5) is 0 Å². The van der Waals surface area contributed by atoms with Crippen molar-refractivity contribution in [2.45, 2.75) is 38.6 Å². The van der Waals surface area contributed by atoms with Gasteiger partial charge in [0.15, 0.2) is 0 Å². The van der Waals surface area contributed by atoms with Crippen LogP contribution in [0.2, 0.25) is 0 Å². The maximum absolute atomic E-state index is 5.95. The molecule has 0 aromatic carbocycles. The molecular formula is C12H25ClN2O. The molecular weight excluding hydrogens is 224 g/mol. The third kappa shape index (κ3) is 3.33. The van der Waals surface area contributed by atoms with Crippen LogP contribution in [0, 0.1) is 5.41 Å². The SMILES string of the molecule is CCC1(CN2CC[C@@H](N)C2)CCOCC1.Cl. The lowest BCUT2D eigenvalue weighted by molar-refractivity contribution is -0.00359. The Kier molecular flexibility index (Phi) is 5.51. The van der Waals surface area contributed by atoms with Crippen LogP contribution in [0.1, 0.15) is 32.6 Å². The van der Waals surface area contributed by atoms with Gasteiger partial charge in [-0.25, -0.2) is 0 Å². The van der Waals surface area contributed by atoms with Gasteiger partial charge in [-0.3, -0.25) is 0 Å². The molecule has 2 rings (SSSR count). The molecule has 0 aromatic heterocycles. The Morgan fingerprint density at radius 1 is 1.38 bits per heavy atom. The van der Waals surface area contributed by atoms with Gasteiger partial charge in [0.1, 0.15) is 0 Å². The van der Waals surface area contributed by atoms with Crippen LogP contribution >= 0.6 is 12.4 Å². The van der Waals surface area contributed by atoms with Crippen molar-refractivity contribution in [2.24, 2.45) is 11.1 Å². The van der Waals surface area contributed by atoms with Crippen molar-refractivity contribution in [1.29, 1.82) is 0 Å². The first-order chi connectivity index (χ1) is 7.24. The topological polar surface area (TPSA) is 38.5 Å². The Bertz CT molecular complexity index is 207. The first-order valence-electron chi connectivity index (χ1n) is 6.30. The molecule has 2 aliphatic heterocycles. The molecule has 3 nitrogen and oxygen atoms in total. The van der Waals surface area contributed by atoms with E-state index in [9.17, 15) is 0 Å². The summed E-state index contributed by atoms with van der Waals surface area (Å²) in [7, 11) is 0. The Hall–Kier alpha value is 0.170. The summed E-state index contributed by atoms with van der Waals surface area (Å²) in [4.78, 5) is 2.56. The number of hydrogen-bond donors (Lipinski definition) is 1. The average molecular weight is 249 g/mol. The summed E-state index contributed by atoms with van der Waals surface area (Å²) in [5.41, 5.74) is 6.46. The van der Waals surface area contributed by atoms with Gasteiger partial charge in [-0.05, 0) is 37.6 Å². The van der Waals surface area contributed by atoms with E-state index in [-0.39, 0.29) is 12.4 Å². The minimum atomic E-state index is 0. The van der Waals surface area contributed by atoms with Crippen molar-refractivity contribution in [3.8, 4) is 0 Å². The fourth-order valence-corrected chi connectivity index (χ4v) is 2.91. The van der Waals surface area contributed by atoms with E-state index in [0.717, 1.165) is 19.8 Å². The fourth-order valence-electron chi connectivity index (χ4n) is 2.91. The number of nitrogens with zero attached hydrogens (tertiary/aromatic N) is 1. The van der Waals surface area contributed by atoms with E-state index >= 15 is 0 Å². The van der Waals surface area contributed by atoms with Crippen molar-refractivity contribution in [1.82, 2.24) is 4.90 Å². The Balaban J connectivity index is 0.00000128. The molecule has 96 valence electrons. The molecule has 0 amide bonds. The number of likely N-dealkylation sites (tertiary alicyclic amines) is 1. The van der Waals surface area contributed by atoms with Gasteiger partial charge in [-0.15, -0.1) is 12.4 Å². The Labute approximate surface area is 105 Å². The summed E-state index contributed by atoms with van der Waals surface area (Å²) >= 11 is 0. The van der Waals surface area contributed by atoms with Gasteiger partial charge in [0.2, 0.25) is 0 Å². The van der Waals surface area contributed by atoms with Crippen molar-refractivity contribution < 1.29 is 4.74 Å². The molecule has 0 saturated carbocycles. The van der Waals surface area contributed by atoms with Crippen LogP contribution in [-0.4, -0.2) is 43.8 Å². The quantitative estimate of drug-likeness (QED) is 0.826. The Morgan fingerprint density at radius 3 is 2.56 bits per heavy atom. The van der Waals surface area contributed by atoms with E-state index < -0.39 is 0 Å².